The SMILES string of the molecule is O=C(Nc1cccc(C(F)(F)F)c1)[C@@H]1[C@@H]2C(=O)N(c3ccc(F)c(Cl)c3)C(=O)[C@H]2[C@@H]2c3ccccc3C=CN12. The molecule has 0 saturated carbocycles. The lowest BCUT2D eigenvalue weighted by atomic mass is 9.84. The first-order valence-electron chi connectivity index (χ1n) is 11.9. The fraction of sp³-hybridized carbons (Fsp3) is 0.179. The minimum atomic E-state index is -4.62. The third kappa shape index (κ3) is 3.97. The zero-order valence-corrected chi connectivity index (χ0v) is 20.6. The molecule has 2 fully saturated rings. The van der Waals surface area contributed by atoms with Crippen molar-refractivity contribution in [2.75, 3.05) is 10.2 Å². The number of hydrogen-bond donors (Lipinski definition) is 1. The van der Waals surface area contributed by atoms with Crippen LogP contribution in [0.25, 0.3) is 6.08 Å². The molecule has 3 aliphatic rings. The van der Waals surface area contributed by atoms with Crippen molar-refractivity contribution in [1.82, 2.24) is 4.90 Å². The second kappa shape index (κ2) is 8.94. The van der Waals surface area contributed by atoms with Crippen LogP contribution < -0.4 is 10.2 Å². The lowest BCUT2D eigenvalue weighted by molar-refractivity contribution is -0.137. The van der Waals surface area contributed by atoms with Gasteiger partial charge in [0.25, 0.3) is 0 Å². The number of anilines is 2. The van der Waals surface area contributed by atoms with E-state index >= 15 is 0 Å². The predicted molar refractivity (Wildman–Crippen MR) is 135 cm³/mol. The highest BCUT2D eigenvalue weighted by Crippen LogP contribution is 2.53. The Labute approximate surface area is 224 Å². The molecule has 3 aromatic carbocycles. The Morgan fingerprint density at radius 3 is 2.41 bits per heavy atom. The van der Waals surface area contributed by atoms with Crippen LogP contribution in [0, 0.1) is 17.7 Å². The first-order valence-corrected chi connectivity index (χ1v) is 12.3. The number of alkyl halides is 3. The van der Waals surface area contributed by atoms with Crippen molar-refractivity contribution in [3.8, 4) is 0 Å². The van der Waals surface area contributed by atoms with Gasteiger partial charge in [-0.15, -0.1) is 0 Å². The van der Waals surface area contributed by atoms with E-state index in [9.17, 15) is 31.9 Å². The number of imide groups is 1. The maximum atomic E-state index is 13.8. The largest absolute Gasteiger partial charge is 0.416 e. The highest BCUT2D eigenvalue weighted by Gasteiger charge is 2.64. The van der Waals surface area contributed by atoms with Crippen LogP contribution in [0.4, 0.5) is 28.9 Å². The molecule has 3 aliphatic heterocycles. The van der Waals surface area contributed by atoms with Gasteiger partial charge in [0.15, 0.2) is 0 Å². The van der Waals surface area contributed by atoms with E-state index in [1.807, 2.05) is 12.1 Å². The summed E-state index contributed by atoms with van der Waals surface area (Å²) in [6.07, 6.45) is -1.24. The molecule has 0 unspecified atom stereocenters. The fourth-order valence-corrected chi connectivity index (χ4v) is 5.90. The van der Waals surface area contributed by atoms with Crippen LogP contribution in [0.2, 0.25) is 5.02 Å². The quantitative estimate of drug-likeness (QED) is 0.335. The lowest BCUT2D eigenvalue weighted by Crippen LogP contribution is -2.46. The van der Waals surface area contributed by atoms with Gasteiger partial charge in [-0.25, -0.2) is 9.29 Å². The van der Waals surface area contributed by atoms with E-state index in [0.717, 1.165) is 40.3 Å². The van der Waals surface area contributed by atoms with Crippen molar-refractivity contribution in [3.05, 3.63) is 100 Å². The summed E-state index contributed by atoms with van der Waals surface area (Å²) >= 11 is 5.91. The molecule has 3 aromatic rings. The molecule has 0 aromatic heterocycles. The second-order valence-electron chi connectivity index (χ2n) is 9.51. The van der Waals surface area contributed by atoms with E-state index in [0.29, 0.717) is 0 Å². The smallest absolute Gasteiger partial charge is 0.357 e. The number of halogens is 5. The summed E-state index contributed by atoms with van der Waals surface area (Å²) in [5.74, 6) is -4.87. The highest BCUT2D eigenvalue weighted by atomic mass is 35.5. The molecular formula is C28H18ClF4N3O3. The van der Waals surface area contributed by atoms with Crippen LogP contribution in [-0.4, -0.2) is 28.7 Å². The van der Waals surface area contributed by atoms with Crippen LogP contribution in [0.1, 0.15) is 22.7 Å². The van der Waals surface area contributed by atoms with Crippen LogP contribution in [0.15, 0.2) is 72.9 Å². The van der Waals surface area contributed by atoms with Gasteiger partial charge in [-0.2, -0.15) is 13.2 Å². The molecule has 3 heterocycles. The summed E-state index contributed by atoms with van der Waals surface area (Å²) in [4.78, 5) is 43.8. The van der Waals surface area contributed by atoms with E-state index in [1.54, 1.807) is 29.3 Å². The van der Waals surface area contributed by atoms with Gasteiger partial charge in [-0.1, -0.05) is 41.9 Å². The van der Waals surface area contributed by atoms with Crippen LogP contribution in [-0.2, 0) is 20.6 Å². The van der Waals surface area contributed by atoms with E-state index in [4.69, 9.17) is 11.6 Å². The Morgan fingerprint density at radius 1 is 0.923 bits per heavy atom. The number of nitrogens with one attached hydrogen (secondary N) is 1. The van der Waals surface area contributed by atoms with Crippen LogP contribution in [0.5, 0.6) is 0 Å². The minimum Gasteiger partial charge on any atom is -0.357 e. The van der Waals surface area contributed by atoms with Crippen molar-refractivity contribution in [2.24, 2.45) is 11.8 Å². The molecule has 3 amide bonds. The molecule has 39 heavy (non-hydrogen) atoms. The van der Waals surface area contributed by atoms with Gasteiger partial charge in [-0.3, -0.25) is 14.4 Å². The molecule has 4 atom stereocenters. The Morgan fingerprint density at radius 2 is 1.67 bits per heavy atom. The first-order chi connectivity index (χ1) is 18.6. The molecule has 0 bridgehead atoms. The monoisotopic (exact) mass is 555 g/mol. The maximum Gasteiger partial charge on any atom is 0.416 e. The van der Waals surface area contributed by atoms with Crippen molar-refractivity contribution in [3.63, 3.8) is 0 Å². The van der Waals surface area contributed by atoms with Crippen molar-refractivity contribution >= 4 is 46.8 Å². The summed E-state index contributed by atoms with van der Waals surface area (Å²) in [5.41, 5.74) is 0.550. The van der Waals surface area contributed by atoms with Gasteiger partial charge >= 0.3 is 6.18 Å². The van der Waals surface area contributed by atoms with E-state index in [2.05, 4.69) is 5.32 Å². The van der Waals surface area contributed by atoms with Crippen molar-refractivity contribution < 1.29 is 31.9 Å². The fourth-order valence-electron chi connectivity index (χ4n) is 5.73. The molecule has 2 saturated heterocycles. The number of fused-ring (bicyclic) bond motifs is 5. The van der Waals surface area contributed by atoms with Gasteiger partial charge < -0.3 is 10.2 Å². The molecule has 0 aliphatic carbocycles. The summed E-state index contributed by atoms with van der Waals surface area (Å²) in [6, 6.07) is 13.0. The molecular weight excluding hydrogens is 538 g/mol. The molecule has 198 valence electrons. The number of carbonyl (C=O) groups excluding carboxylic acids is 3. The molecule has 11 heteroatoms. The third-order valence-electron chi connectivity index (χ3n) is 7.35. The van der Waals surface area contributed by atoms with Gasteiger partial charge in [0, 0.05) is 11.9 Å². The second-order valence-corrected chi connectivity index (χ2v) is 9.92. The van der Waals surface area contributed by atoms with Gasteiger partial charge in [0.2, 0.25) is 17.7 Å². The number of hydrogen-bond acceptors (Lipinski definition) is 4. The maximum absolute atomic E-state index is 13.8. The number of nitrogens with zero attached hydrogens (tertiary/aromatic N) is 2. The summed E-state index contributed by atoms with van der Waals surface area (Å²) in [5, 5.41) is 2.22. The highest BCUT2D eigenvalue weighted by molar-refractivity contribution is 6.31. The zero-order chi connectivity index (χ0) is 27.6. The Kier molecular flexibility index (Phi) is 5.76. The van der Waals surface area contributed by atoms with Crippen molar-refractivity contribution in [2.45, 2.75) is 18.3 Å². The first kappa shape index (κ1) is 25.1. The predicted octanol–water partition coefficient (Wildman–Crippen LogP) is 5.65. The van der Waals surface area contributed by atoms with Gasteiger partial charge in [-0.05, 0) is 53.6 Å². The standard InChI is InChI=1S/C28H18ClF4N3O3/c29-19-13-17(8-9-20(19)30)36-26(38)21-22(27(36)39)24(35-11-10-14-4-1-2-7-18(14)23(21)35)25(37)34-16-6-3-5-15(12-16)28(31,32)33/h1-13,21-24H,(H,34,37)/t21-,22-,23+,24+/m1/s1. The minimum absolute atomic E-state index is 0.0639. The normalized spacial score (nSPS) is 23.5. The zero-order valence-electron chi connectivity index (χ0n) is 19.8. The van der Waals surface area contributed by atoms with Gasteiger partial charge in [0.05, 0.1) is 34.2 Å². The summed E-state index contributed by atoms with van der Waals surface area (Å²) < 4.78 is 53.6. The topological polar surface area (TPSA) is 69.7 Å². The summed E-state index contributed by atoms with van der Waals surface area (Å²) in [7, 11) is 0. The van der Waals surface area contributed by atoms with Gasteiger partial charge in [0.1, 0.15) is 11.9 Å². The summed E-state index contributed by atoms with van der Waals surface area (Å²) in [6.45, 7) is 0. The molecule has 6 rings (SSSR count). The Bertz CT molecular complexity index is 1570. The Hall–Kier alpha value is -4.18. The Balaban J connectivity index is 1.42. The van der Waals surface area contributed by atoms with Crippen molar-refractivity contribution in [1.29, 1.82) is 0 Å². The lowest BCUT2D eigenvalue weighted by Gasteiger charge is -2.35. The molecule has 0 spiro atoms. The van der Waals surface area contributed by atoms with Crippen LogP contribution in [0.3, 0.4) is 0 Å². The number of benzene rings is 3. The molecule has 1 N–H and O–H groups in total. The van der Waals surface area contributed by atoms with Crippen LogP contribution >= 0.6 is 11.6 Å². The molecule has 6 nitrogen and oxygen atoms in total. The number of carbonyl (C=O) groups is 3. The van der Waals surface area contributed by atoms with E-state index in [1.165, 1.54) is 18.2 Å². The average Bonchev–Trinajstić information content (AvgIpc) is 3.38. The average molecular weight is 556 g/mol. The molecule has 0 radical (unpaired) electrons. The third-order valence-corrected chi connectivity index (χ3v) is 7.64. The van der Waals surface area contributed by atoms with E-state index < -0.39 is 59.2 Å². The number of rotatable bonds is 3. The van der Waals surface area contributed by atoms with E-state index in [-0.39, 0.29) is 16.4 Å². The number of amides is 3.